The zero-order valence-corrected chi connectivity index (χ0v) is 49.2. The molecule has 0 unspecified atom stereocenters. The lowest BCUT2D eigenvalue weighted by atomic mass is 9.87. The van der Waals surface area contributed by atoms with Crippen molar-refractivity contribution in [3.05, 3.63) is 278 Å². The summed E-state index contributed by atoms with van der Waals surface area (Å²) in [6.07, 6.45) is 0. The third-order valence-corrected chi connectivity index (χ3v) is 18.1. The molecule has 0 fully saturated rings. The average molecular weight is 1100 g/mol. The fourth-order valence-electron chi connectivity index (χ4n) is 13.7. The van der Waals surface area contributed by atoms with E-state index < -0.39 is 0 Å². The molecule has 16 aromatic rings. The van der Waals surface area contributed by atoms with Crippen LogP contribution in [-0.4, -0.2) is 19.1 Å². The van der Waals surface area contributed by atoms with Gasteiger partial charge in [0.15, 0.2) is 0 Å². The SMILES string of the molecule is CC(C)(C)c1ccc(-n2c(-c3ccc(-c4ccc(-c5ccc(-c6ccc(-c7nc8c9ccccc9c9ccccc9c8n7-c7ccc(C(C)(C)C)cc7)cc6)c6ccccc56)c5ccccc45)cc3)nc3c4ccccc4c4ccccc4c32)cc1. The van der Waals surface area contributed by atoms with Gasteiger partial charge in [0, 0.05) is 44.0 Å². The first-order valence-corrected chi connectivity index (χ1v) is 30.1. The van der Waals surface area contributed by atoms with Crippen molar-refractivity contribution in [1.82, 2.24) is 19.1 Å². The van der Waals surface area contributed by atoms with Crippen molar-refractivity contribution in [3.8, 4) is 67.5 Å². The predicted octanol–water partition coefficient (Wildman–Crippen LogP) is 22.2. The Balaban J connectivity index is 0.777. The van der Waals surface area contributed by atoms with E-state index in [9.17, 15) is 0 Å². The van der Waals surface area contributed by atoms with Crippen molar-refractivity contribution in [2.75, 3.05) is 0 Å². The molecule has 0 aliphatic rings. The number of benzene rings is 14. The molecule has 0 N–H and O–H groups in total. The topological polar surface area (TPSA) is 35.6 Å². The van der Waals surface area contributed by atoms with Crippen LogP contribution < -0.4 is 0 Å². The third-order valence-electron chi connectivity index (χ3n) is 18.1. The second-order valence-corrected chi connectivity index (χ2v) is 25.3. The summed E-state index contributed by atoms with van der Waals surface area (Å²) in [5, 5.41) is 14.4. The van der Waals surface area contributed by atoms with Gasteiger partial charge in [-0.05, 0) is 123 Å². The molecule has 0 saturated heterocycles. The fraction of sp³-hybridized carbons (Fsp3) is 0.0976. The highest BCUT2D eigenvalue weighted by Gasteiger charge is 2.25. The quantitative estimate of drug-likeness (QED) is 0.149. The van der Waals surface area contributed by atoms with Crippen molar-refractivity contribution in [3.63, 3.8) is 0 Å². The van der Waals surface area contributed by atoms with E-state index in [-0.39, 0.29) is 10.8 Å². The van der Waals surface area contributed by atoms with Crippen LogP contribution in [0.15, 0.2) is 267 Å². The summed E-state index contributed by atoms with van der Waals surface area (Å²) < 4.78 is 4.77. The molecule has 4 heteroatoms. The van der Waals surface area contributed by atoms with E-state index in [2.05, 4.69) is 318 Å². The number of aromatic nitrogens is 4. The van der Waals surface area contributed by atoms with Crippen LogP contribution in [0.1, 0.15) is 52.7 Å². The van der Waals surface area contributed by atoms with Gasteiger partial charge in [0.25, 0.3) is 0 Å². The van der Waals surface area contributed by atoms with E-state index in [1.54, 1.807) is 0 Å². The van der Waals surface area contributed by atoms with Gasteiger partial charge in [0.1, 0.15) is 11.6 Å². The molecule has 2 aromatic heterocycles. The third kappa shape index (κ3) is 8.19. The molecule has 14 aromatic carbocycles. The first-order valence-electron chi connectivity index (χ1n) is 30.1. The Morgan fingerprint density at radius 3 is 0.814 bits per heavy atom. The normalized spacial score (nSPS) is 12.3. The molecule has 0 radical (unpaired) electrons. The molecule has 0 aliphatic heterocycles. The number of hydrogen-bond donors (Lipinski definition) is 0. The summed E-state index contributed by atoms with van der Waals surface area (Å²) in [5.74, 6) is 1.84. The van der Waals surface area contributed by atoms with E-state index >= 15 is 0 Å². The Bertz CT molecular complexity index is 5040. The Labute approximate surface area is 500 Å². The monoisotopic (exact) mass is 1100 g/mol. The highest BCUT2D eigenvalue weighted by Crippen LogP contribution is 2.45. The van der Waals surface area contributed by atoms with E-state index in [0.717, 1.165) is 78.1 Å². The molecule has 86 heavy (non-hydrogen) atoms. The van der Waals surface area contributed by atoms with E-state index in [1.165, 1.54) is 87.2 Å². The first-order chi connectivity index (χ1) is 41.9. The maximum absolute atomic E-state index is 5.58. The van der Waals surface area contributed by atoms with Gasteiger partial charge >= 0.3 is 0 Å². The molecule has 0 saturated carbocycles. The van der Waals surface area contributed by atoms with E-state index in [1.807, 2.05) is 0 Å². The van der Waals surface area contributed by atoms with Gasteiger partial charge in [0.05, 0.1) is 22.1 Å². The summed E-state index contributed by atoms with van der Waals surface area (Å²) in [4.78, 5) is 11.2. The van der Waals surface area contributed by atoms with Crippen molar-refractivity contribution in [2.24, 2.45) is 0 Å². The highest BCUT2D eigenvalue weighted by atomic mass is 15.1. The van der Waals surface area contributed by atoms with Crippen molar-refractivity contribution < 1.29 is 0 Å². The second kappa shape index (κ2) is 19.6. The summed E-state index contributed by atoms with van der Waals surface area (Å²) >= 11 is 0. The number of imidazole rings is 2. The summed E-state index contributed by atoms with van der Waals surface area (Å²) in [5.41, 5.74) is 18.3. The highest BCUT2D eigenvalue weighted by molar-refractivity contribution is 6.25. The molecular formula is C82H62N4. The lowest BCUT2D eigenvalue weighted by molar-refractivity contribution is 0.590. The van der Waals surface area contributed by atoms with E-state index in [4.69, 9.17) is 9.97 Å². The van der Waals surface area contributed by atoms with Crippen LogP contribution in [0.4, 0.5) is 0 Å². The minimum atomic E-state index is 0.0337. The van der Waals surface area contributed by atoms with Crippen LogP contribution in [0, 0.1) is 0 Å². The molecule has 0 bridgehead atoms. The van der Waals surface area contributed by atoms with Crippen LogP contribution in [0.2, 0.25) is 0 Å². The Morgan fingerprint density at radius 1 is 0.233 bits per heavy atom. The number of fused-ring (bicyclic) bond motifs is 14. The lowest BCUT2D eigenvalue weighted by Crippen LogP contribution is -2.11. The average Bonchev–Trinajstić information content (AvgIpc) is 1.63. The maximum atomic E-state index is 5.58. The smallest absolute Gasteiger partial charge is 0.145 e. The molecule has 0 amide bonds. The zero-order valence-electron chi connectivity index (χ0n) is 49.2. The standard InChI is InChI=1S/C82H62N4/c1-81(2,3)55-39-43-57(44-40-55)85-77-73-29-17-13-25-67(73)65-23-11-15-27-71(65)75(77)83-79(85)53-35-31-51(32-36-53)59-47-49-69(63-21-9-7-19-61(59)63)70-50-48-60(62-20-8-10-22-64(62)70)52-33-37-54(38-34-52)80-84-76-72-28-16-12-24-66(72)68-26-14-18-30-74(68)78(76)86(80)58-45-41-56(42-46-58)82(4,5)6/h7-50H,1-6H3. The summed E-state index contributed by atoms with van der Waals surface area (Å²) in [6, 6.07) is 98.3. The predicted molar refractivity (Wildman–Crippen MR) is 365 cm³/mol. The second-order valence-electron chi connectivity index (χ2n) is 25.3. The number of rotatable bonds is 7. The molecule has 0 atom stereocenters. The van der Waals surface area contributed by atoms with Gasteiger partial charge in [-0.3, -0.25) is 9.13 Å². The molecule has 2 heterocycles. The van der Waals surface area contributed by atoms with Gasteiger partial charge in [-0.15, -0.1) is 0 Å². The first kappa shape index (κ1) is 51.2. The van der Waals surface area contributed by atoms with Gasteiger partial charge in [-0.25, -0.2) is 9.97 Å². The zero-order chi connectivity index (χ0) is 58.0. The van der Waals surface area contributed by atoms with Crippen LogP contribution in [0.25, 0.3) is 154 Å². The maximum Gasteiger partial charge on any atom is 0.145 e. The van der Waals surface area contributed by atoms with Crippen LogP contribution in [-0.2, 0) is 10.8 Å². The largest absolute Gasteiger partial charge is 0.292 e. The minimum absolute atomic E-state index is 0.0337. The van der Waals surface area contributed by atoms with Crippen molar-refractivity contribution >= 4 is 86.7 Å². The van der Waals surface area contributed by atoms with Gasteiger partial charge < -0.3 is 0 Å². The summed E-state index contributed by atoms with van der Waals surface area (Å²) in [7, 11) is 0. The number of hydrogen-bond acceptors (Lipinski definition) is 2. The molecule has 16 rings (SSSR count). The Hall–Kier alpha value is -10.4. The Morgan fingerprint density at radius 2 is 0.488 bits per heavy atom. The molecule has 0 aliphatic carbocycles. The lowest BCUT2D eigenvalue weighted by Gasteiger charge is -2.20. The molecule has 410 valence electrons. The van der Waals surface area contributed by atoms with Crippen molar-refractivity contribution in [1.29, 1.82) is 0 Å². The van der Waals surface area contributed by atoms with Crippen molar-refractivity contribution in [2.45, 2.75) is 52.4 Å². The van der Waals surface area contributed by atoms with Gasteiger partial charge in [-0.1, -0.05) is 284 Å². The molecule has 0 spiro atoms. The minimum Gasteiger partial charge on any atom is -0.292 e. The van der Waals surface area contributed by atoms with E-state index in [0.29, 0.717) is 0 Å². The van der Waals surface area contributed by atoms with Crippen LogP contribution in [0.3, 0.4) is 0 Å². The van der Waals surface area contributed by atoms with Crippen LogP contribution in [0.5, 0.6) is 0 Å². The molecule has 4 nitrogen and oxygen atoms in total. The fourth-order valence-corrected chi connectivity index (χ4v) is 13.7. The van der Waals surface area contributed by atoms with Gasteiger partial charge in [-0.2, -0.15) is 0 Å². The molecular weight excluding hydrogens is 1040 g/mol. The number of nitrogens with zero attached hydrogens (tertiary/aromatic N) is 4. The Kier molecular flexibility index (Phi) is 11.7. The van der Waals surface area contributed by atoms with Crippen LogP contribution >= 0.6 is 0 Å². The summed E-state index contributed by atoms with van der Waals surface area (Å²) in [6.45, 7) is 13.6. The van der Waals surface area contributed by atoms with Gasteiger partial charge in [0.2, 0.25) is 0 Å².